The third kappa shape index (κ3) is 6.56. The van der Waals surface area contributed by atoms with Gasteiger partial charge >= 0.3 is 5.97 Å². The molecule has 0 aliphatic carbocycles. The molecule has 162 valence electrons. The first-order chi connectivity index (χ1) is 14.7. The number of nitrogens with one attached hydrogen (secondary N) is 1. The molecule has 0 aliphatic heterocycles. The number of aromatic nitrogens is 1. The lowest BCUT2D eigenvalue weighted by Crippen LogP contribution is -2.29. The van der Waals surface area contributed by atoms with E-state index in [9.17, 15) is 9.59 Å². The second-order valence-electron chi connectivity index (χ2n) is 8.24. The number of hydrogen-bond acceptors (Lipinski definition) is 4. The minimum atomic E-state index is -0.681. The first kappa shape index (κ1) is 22.8. The largest absolute Gasteiger partial charge is 0.489 e. The highest BCUT2D eigenvalue weighted by Crippen LogP contribution is 2.26. The second-order valence-corrected chi connectivity index (χ2v) is 9.15. The first-order valence-electron chi connectivity index (χ1n) is 10.1. The Morgan fingerprint density at radius 1 is 1.00 bits per heavy atom. The van der Waals surface area contributed by atoms with Crippen molar-refractivity contribution in [3.05, 3.63) is 97.9 Å². The number of hydrogen-bond donors (Lipinski definition) is 1. The minimum Gasteiger partial charge on any atom is -0.489 e. The molecule has 3 aromatic rings. The lowest BCUT2D eigenvalue weighted by Gasteiger charge is -2.20. The van der Waals surface area contributed by atoms with E-state index in [4.69, 9.17) is 9.47 Å². The second kappa shape index (κ2) is 9.96. The van der Waals surface area contributed by atoms with Gasteiger partial charge in [-0.25, -0.2) is 4.79 Å². The Bertz CT molecular complexity index is 1100. The van der Waals surface area contributed by atoms with Gasteiger partial charge in [0.05, 0.1) is 0 Å². The van der Waals surface area contributed by atoms with Gasteiger partial charge in [0, 0.05) is 10.7 Å². The van der Waals surface area contributed by atoms with Crippen molar-refractivity contribution >= 4 is 21.9 Å². The number of halogens is 1. The van der Waals surface area contributed by atoms with Gasteiger partial charge in [0.25, 0.3) is 5.56 Å². The summed E-state index contributed by atoms with van der Waals surface area (Å²) in [6, 6.07) is 17.6. The van der Waals surface area contributed by atoms with Crippen molar-refractivity contribution in [3.63, 3.8) is 0 Å². The van der Waals surface area contributed by atoms with Crippen LogP contribution >= 0.6 is 15.9 Å². The van der Waals surface area contributed by atoms with Crippen LogP contribution < -0.4 is 10.3 Å². The SMILES string of the molecule is CC(C)(C)OC(=O)c1c(CCc2cc(Br)ccc2OCc2ccccc2)cc[nH]c1=O. The fraction of sp³-hybridized carbons (Fsp3) is 0.280. The van der Waals surface area contributed by atoms with Gasteiger partial charge in [0.1, 0.15) is 23.5 Å². The number of ether oxygens (including phenoxy) is 2. The van der Waals surface area contributed by atoms with Gasteiger partial charge in [0.2, 0.25) is 0 Å². The van der Waals surface area contributed by atoms with Crippen LogP contribution in [0.15, 0.2) is 70.1 Å². The van der Waals surface area contributed by atoms with Crippen molar-refractivity contribution in [1.82, 2.24) is 4.98 Å². The number of esters is 1. The number of pyridine rings is 1. The van der Waals surface area contributed by atoms with Gasteiger partial charge in [0.15, 0.2) is 0 Å². The van der Waals surface area contributed by atoms with Gasteiger partial charge in [-0.05, 0) is 74.6 Å². The van der Waals surface area contributed by atoms with Crippen molar-refractivity contribution in [3.8, 4) is 5.75 Å². The van der Waals surface area contributed by atoms with Crippen LogP contribution in [0.2, 0.25) is 0 Å². The molecule has 6 heteroatoms. The van der Waals surface area contributed by atoms with Gasteiger partial charge in [-0.2, -0.15) is 0 Å². The monoisotopic (exact) mass is 483 g/mol. The molecule has 0 amide bonds. The Hall–Kier alpha value is -2.86. The molecule has 0 saturated heterocycles. The van der Waals surface area contributed by atoms with E-state index in [0.29, 0.717) is 25.0 Å². The molecule has 1 aromatic heterocycles. The van der Waals surface area contributed by atoms with Crippen LogP contribution in [0.1, 0.15) is 47.8 Å². The summed E-state index contributed by atoms with van der Waals surface area (Å²) in [5.74, 6) is 0.162. The Labute approximate surface area is 190 Å². The maximum Gasteiger partial charge on any atom is 0.344 e. The van der Waals surface area contributed by atoms with E-state index >= 15 is 0 Å². The Balaban J connectivity index is 1.80. The maximum absolute atomic E-state index is 12.6. The molecule has 0 aliphatic rings. The molecule has 0 bridgehead atoms. The Morgan fingerprint density at radius 2 is 1.71 bits per heavy atom. The molecular formula is C25H26BrNO4. The van der Waals surface area contributed by atoms with E-state index in [1.54, 1.807) is 33.0 Å². The molecule has 31 heavy (non-hydrogen) atoms. The number of carbonyl (C=O) groups is 1. The smallest absolute Gasteiger partial charge is 0.344 e. The van der Waals surface area contributed by atoms with Gasteiger partial charge in [-0.1, -0.05) is 46.3 Å². The predicted molar refractivity (Wildman–Crippen MR) is 125 cm³/mol. The third-order valence-electron chi connectivity index (χ3n) is 4.57. The van der Waals surface area contributed by atoms with Gasteiger partial charge in [-0.15, -0.1) is 0 Å². The topological polar surface area (TPSA) is 68.4 Å². The normalized spacial score (nSPS) is 11.2. The quantitative estimate of drug-likeness (QED) is 0.453. The van der Waals surface area contributed by atoms with Crippen LogP contribution in [-0.2, 0) is 24.2 Å². The van der Waals surface area contributed by atoms with Crippen LogP contribution in [-0.4, -0.2) is 16.6 Å². The van der Waals surface area contributed by atoms with E-state index in [-0.39, 0.29) is 5.56 Å². The van der Waals surface area contributed by atoms with E-state index < -0.39 is 17.1 Å². The van der Waals surface area contributed by atoms with E-state index in [0.717, 1.165) is 21.3 Å². The summed E-state index contributed by atoms with van der Waals surface area (Å²) >= 11 is 3.52. The predicted octanol–water partition coefficient (Wildman–Crippen LogP) is 5.46. The number of aromatic amines is 1. The minimum absolute atomic E-state index is 0.0548. The molecule has 0 radical (unpaired) electrons. The zero-order chi connectivity index (χ0) is 22.4. The number of aryl methyl sites for hydroxylation is 2. The standard InChI is InChI=1S/C25H26BrNO4/c1-25(2,3)31-24(29)22-18(13-14-27-23(22)28)9-10-19-15-20(26)11-12-21(19)30-16-17-7-5-4-6-8-17/h4-8,11-15H,9-10,16H2,1-3H3,(H,27,28). The summed E-state index contributed by atoms with van der Waals surface area (Å²) in [4.78, 5) is 27.6. The van der Waals surface area contributed by atoms with Crippen molar-refractivity contribution in [2.24, 2.45) is 0 Å². The highest BCUT2D eigenvalue weighted by molar-refractivity contribution is 9.10. The lowest BCUT2D eigenvalue weighted by molar-refractivity contribution is 0.00663. The molecule has 1 N–H and O–H groups in total. The molecule has 0 fully saturated rings. The zero-order valence-corrected chi connectivity index (χ0v) is 19.5. The van der Waals surface area contributed by atoms with Crippen LogP contribution in [0, 0.1) is 0 Å². The molecule has 2 aromatic carbocycles. The number of benzene rings is 2. The Kier molecular flexibility index (Phi) is 7.33. The van der Waals surface area contributed by atoms with Gasteiger partial charge in [-0.3, -0.25) is 4.79 Å². The highest BCUT2D eigenvalue weighted by atomic mass is 79.9. The van der Waals surface area contributed by atoms with Crippen LogP contribution in [0.3, 0.4) is 0 Å². The maximum atomic E-state index is 12.6. The molecule has 3 rings (SSSR count). The van der Waals surface area contributed by atoms with Gasteiger partial charge < -0.3 is 14.5 Å². The van der Waals surface area contributed by atoms with E-state index in [2.05, 4.69) is 20.9 Å². The first-order valence-corrected chi connectivity index (χ1v) is 10.9. The van der Waals surface area contributed by atoms with Crippen LogP contribution in [0.25, 0.3) is 0 Å². The summed E-state index contributed by atoms with van der Waals surface area (Å²) in [6.45, 7) is 5.79. The highest BCUT2D eigenvalue weighted by Gasteiger charge is 2.23. The number of H-pyrrole nitrogens is 1. The molecule has 0 spiro atoms. The fourth-order valence-electron chi connectivity index (χ4n) is 3.17. The van der Waals surface area contributed by atoms with Crippen molar-refractivity contribution in [2.45, 2.75) is 45.8 Å². The summed E-state index contributed by atoms with van der Waals surface area (Å²) in [7, 11) is 0. The van der Waals surface area contributed by atoms with Crippen molar-refractivity contribution in [1.29, 1.82) is 0 Å². The summed E-state index contributed by atoms with van der Waals surface area (Å²) in [5, 5.41) is 0. The zero-order valence-electron chi connectivity index (χ0n) is 17.9. The van der Waals surface area contributed by atoms with Crippen LogP contribution in [0.5, 0.6) is 5.75 Å². The van der Waals surface area contributed by atoms with E-state index in [1.807, 2.05) is 48.5 Å². The molecule has 0 atom stereocenters. The molecule has 1 heterocycles. The molecule has 0 unspecified atom stereocenters. The van der Waals surface area contributed by atoms with Crippen molar-refractivity contribution in [2.75, 3.05) is 0 Å². The summed E-state index contributed by atoms with van der Waals surface area (Å²) in [5.41, 5.74) is 1.64. The average molecular weight is 484 g/mol. The van der Waals surface area contributed by atoms with Crippen molar-refractivity contribution < 1.29 is 14.3 Å². The molecule has 0 saturated carbocycles. The molecular weight excluding hydrogens is 458 g/mol. The lowest BCUT2D eigenvalue weighted by atomic mass is 10.0. The Morgan fingerprint density at radius 3 is 2.42 bits per heavy atom. The average Bonchev–Trinajstić information content (AvgIpc) is 2.71. The number of rotatable bonds is 7. The summed E-state index contributed by atoms with van der Waals surface area (Å²) < 4.78 is 12.4. The molecule has 5 nitrogen and oxygen atoms in total. The van der Waals surface area contributed by atoms with E-state index in [1.165, 1.54) is 0 Å². The summed E-state index contributed by atoms with van der Waals surface area (Å²) in [6.07, 6.45) is 2.65. The third-order valence-corrected chi connectivity index (χ3v) is 5.07. The fourth-order valence-corrected chi connectivity index (χ4v) is 3.58. The van der Waals surface area contributed by atoms with Crippen LogP contribution in [0.4, 0.5) is 0 Å². The number of carbonyl (C=O) groups excluding carboxylic acids is 1.